The topological polar surface area (TPSA) is 17.1 Å². The van der Waals surface area contributed by atoms with Crippen molar-refractivity contribution in [3.63, 3.8) is 0 Å². The molecule has 98 valence electrons. The summed E-state index contributed by atoms with van der Waals surface area (Å²) in [4.78, 5) is 12.3. The molecular formula is C15H11ClF2O. The molecule has 0 aromatic heterocycles. The summed E-state index contributed by atoms with van der Waals surface area (Å²) in [7, 11) is 0. The third-order valence-electron chi connectivity index (χ3n) is 2.90. The second-order valence-electron chi connectivity index (χ2n) is 4.37. The van der Waals surface area contributed by atoms with Gasteiger partial charge in [0.1, 0.15) is 11.6 Å². The minimum absolute atomic E-state index is 0.0674. The van der Waals surface area contributed by atoms with Gasteiger partial charge >= 0.3 is 0 Å². The van der Waals surface area contributed by atoms with E-state index in [1.807, 2.05) is 0 Å². The molecule has 0 aliphatic rings. The maximum absolute atomic E-state index is 13.7. The molecule has 2 rings (SSSR count). The van der Waals surface area contributed by atoms with E-state index in [1.165, 1.54) is 24.3 Å². The van der Waals surface area contributed by atoms with Crippen molar-refractivity contribution in [3.8, 4) is 0 Å². The van der Waals surface area contributed by atoms with Gasteiger partial charge in [0.2, 0.25) is 0 Å². The summed E-state index contributed by atoms with van der Waals surface area (Å²) in [6, 6.07) is 6.39. The molecule has 19 heavy (non-hydrogen) atoms. The molecule has 0 unspecified atom stereocenters. The van der Waals surface area contributed by atoms with Crippen LogP contribution in [0.5, 0.6) is 0 Å². The highest BCUT2D eigenvalue weighted by molar-refractivity contribution is 6.30. The first-order chi connectivity index (χ1) is 8.90. The summed E-state index contributed by atoms with van der Waals surface area (Å²) in [5, 5.41) is 0.224. The minimum atomic E-state index is -0.680. The molecule has 0 aliphatic heterocycles. The van der Waals surface area contributed by atoms with Gasteiger partial charge in [0.25, 0.3) is 0 Å². The number of carbonyl (C=O) groups excluding carboxylic acids is 1. The molecule has 0 saturated carbocycles. The number of carbonyl (C=O) groups is 1. The second-order valence-corrected chi connectivity index (χ2v) is 4.80. The molecule has 0 atom stereocenters. The fourth-order valence-corrected chi connectivity index (χ4v) is 2.24. The van der Waals surface area contributed by atoms with E-state index in [-0.39, 0.29) is 10.6 Å². The number of hydrogen-bond donors (Lipinski definition) is 0. The zero-order chi connectivity index (χ0) is 14.2. The molecule has 4 heteroatoms. The van der Waals surface area contributed by atoms with Crippen molar-refractivity contribution in [3.05, 3.63) is 69.2 Å². The molecule has 1 nitrogen and oxygen atoms in total. The average molecular weight is 281 g/mol. The highest BCUT2D eigenvalue weighted by Crippen LogP contribution is 2.23. The maximum atomic E-state index is 13.7. The minimum Gasteiger partial charge on any atom is -0.288 e. The van der Waals surface area contributed by atoms with Crippen LogP contribution in [0.1, 0.15) is 27.0 Å². The molecule has 0 N–H and O–H groups in total. The van der Waals surface area contributed by atoms with Crippen LogP contribution in [-0.2, 0) is 0 Å². The molecule has 0 aliphatic carbocycles. The number of hydrogen-bond acceptors (Lipinski definition) is 1. The van der Waals surface area contributed by atoms with Crippen molar-refractivity contribution in [2.75, 3.05) is 0 Å². The van der Waals surface area contributed by atoms with Crippen LogP contribution < -0.4 is 0 Å². The second kappa shape index (κ2) is 5.10. The quantitative estimate of drug-likeness (QED) is 0.742. The normalized spacial score (nSPS) is 10.6. The van der Waals surface area contributed by atoms with E-state index in [2.05, 4.69) is 0 Å². The van der Waals surface area contributed by atoms with Crippen molar-refractivity contribution in [2.45, 2.75) is 13.8 Å². The van der Waals surface area contributed by atoms with Crippen LogP contribution in [0.3, 0.4) is 0 Å². The van der Waals surface area contributed by atoms with Gasteiger partial charge in [-0.3, -0.25) is 4.79 Å². The molecule has 2 aromatic rings. The van der Waals surface area contributed by atoms with E-state index in [0.29, 0.717) is 16.7 Å². The van der Waals surface area contributed by atoms with Crippen LogP contribution in [-0.4, -0.2) is 5.78 Å². The van der Waals surface area contributed by atoms with Gasteiger partial charge in [-0.05, 0) is 55.3 Å². The molecule has 2 aromatic carbocycles. The molecule has 0 spiro atoms. The lowest BCUT2D eigenvalue weighted by atomic mass is 9.94. The van der Waals surface area contributed by atoms with Crippen LogP contribution in [0.15, 0.2) is 30.3 Å². The smallest absolute Gasteiger partial charge is 0.196 e. The van der Waals surface area contributed by atoms with Crippen LogP contribution in [0.2, 0.25) is 5.02 Å². The Kier molecular flexibility index (Phi) is 3.67. The van der Waals surface area contributed by atoms with Crippen molar-refractivity contribution in [1.29, 1.82) is 0 Å². The Morgan fingerprint density at radius 1 is 1.05 bits per heavy atom. The number of benzene rings is 2. The van der Waals surface area contributed by atoms with E-state index in [1.54, 1.807) is 13.8 Å². The van der Waals surface area contributed by atoms with Crippen molar-refractivity contribution < 1.29 is 13.6 Å². The van der Waals surface area contributed by atoms with Gasteiger partial charge in [0.05, 0.1) is 5.56 Å². The summed E-state index contributed by atoms with van der Waals surface area (Å²) >= 11 is 5.65. The maximum Gasteiger partial charge on any atom is 0.196 e. The Bertz CT molecular complexity index is 642. The Morgan fingerprint density at radius 3 is 2.16 bits per heavy atom. The van der Waals surface area contributed by atoms with Crippen molar-refractivity contribution in [1.82, 2.24) is 0 Å². The standard InChI is InChI=1S/C15H11ClF2O/c1-8-5-11(17)6-9(2)14(8)15(19)12-4-3-10(16)7-13(12)18/h3-7H,1-2H3. The summed E-state index contributed by atoms with van der Waals surface area (Å²) in [6.45, 7) is 3.24. The summed E-state index contributed by atoms with van der Waals surface area (Å²) < 4.78 is 27.0. The molecular weight excluding hydrogens is 270 g/mol. The van der Waals surface area contributed by atoms with Crippen LogP contribution in [0, 0.1) is 25.5 Å². The Labute approximate surface area is 114 Å². The molecule has 0 radical (unpaired) electrons. The summed E-state index contributed by atoms with van der Waals surface area (Å²) in [5.74, 6) is -1.56. The van der Waals surface area contributed by atoms with E-state index in [9.17, 15) is 13.6 Å². The largest absolute Gasteiger partial charge is 0.288 e. The summed E-state index contributed by atoms with van der Waals surface area (Å²) in [6.07, 6.45) is 0. The SMILES string of the molecule is Cc1cc(F)cc(C)c1C(=O)c1ccc(Cl)cc1F. The molecule has 0 bridgehead atoms. The van der Waals surface area contributed by atoms with Crippen LogP contribution in [0.25, 0.3) is 0 Å². The monoisotopic (exact) mass is 280 g/mol. The molecule has 0 amide bonds. The highest BCUT2D eigenvalue weighted by Gasteiger charge is 2.18. The lowest BCUT2D eigenvalue weighted by Gasteiger charge is -2.10. The van der Waals surface area contributed by atoms with Gasteiger partial charge in [0, 0.05) is 10.6 Å². The fourth-order valence-electron chi connectivity index (χ4n) is 2.08. The first-order valence-electron chi connectivity index (χ1n) is 5.66. The lowest BCUT2D eigenvalue weighted by Crippen LogP contribution is -2.09. The first-order valence-corrected chi connectivity index (χ1v) is 6.04. The predicted molar refractivity (Wildman–Crippen MR) is 70.7 cm³/mol. The third kappa shape index (κ3) is 2.66. The fraction of sp³-hybridized carbons (Fsp3) is 0.133. The van der Waals surface area contributed by atoms with Crippen LogP contribution in [0.4, 0.5) is 8.78 Å². The van der Waals surface area contributed by atoms with Gasteiger partial charge in [0.15, 0.2) is 5.78 Å². The number of ketones is 1. The Morgan fingerprint density at radius 2 is 1.63 bits per heavy atom. The zero-order valence-corrected chi connectivity index (χ0v) is 11.2. The zero-order valence-electron chi connectivity index (χ0n) is 10.4. The van der Waals surface area contributed by atoms with Gasteiger partial charge in [-0.2, -0.15) is 0 Å². The van der Waals surface area contributed by atoms with E-state index in [0.717, 1.165) is 6.07 Å². The highest BCUT2D eigenvalue weighted by atomic mass is 35.5. The van der Waals surface area contributed by atoms with Crippen molar-refractivity contribution in [2.24, 2.45) is 0 Å². The average Bonchev–Trinajstić information content (AvgIpc) is 2.26. The first kappa shape index (κ1) is 13.7. The van der Waals surface area contributed by atoms with Crippen LogP contribution >= 0.6 is 11.6 Å². The van der Waals surface area contributed by atoms with Gasteiger partial charge in [-0.1, -0.05) is 11.6 Å². The summed E-state index contributed by atoms with van der Waals surface area (Å²) in [5.41, 5.74) is 1.22. The predicted octanol–water partition coefficient (Wildman–Crippen LogP) is 4.47. The Balaban J connectivity index is 2.56. The number of aryl methyl sites for hydroxylation is 2. The van der Waals surface area contributed by atoms with Gasteiger partial charge in [-0.15, -0.1) is 0 Å². The van der Waals surface area contributed by atoms with E-state index in [4.69, 9.17) is 11.6 Å². The van der Waals surface area contributed by atoms with E-state index >= 15 is 0 Å². The molecule has 0 fully saturated rings. The Hall–Kier alpha value is -1.74. The van der Waals surface area contributed by atoms with E-state index < -0.39 is 17.4 Å². The molecule has 0 saturated heterocycles. The van der Waals surface area contributed by atoms with Crippen molar-refractivity contribution >= 4 is 17.4 Å². The number of rotatable bonds is 2. The van der Waals surface area contributed by atoms with Gasteiger partial charge < -0.3 is 0 Å². The third-order valence-corrected chi connectivity index (χ3v) is 3.14. The lowest BCUT2D eigenvalue weighted by molar-refractivity contribution is 0.103. The van der Waals surface area contributed by atoms with Gasteiger partial charge in [-0.25, -0.2) is 8.78 Å². The molecule has 0 heterocycles. The number of halogens is 3.